The van der Waals surface area contributed by atoms with Crippen molar-refractivity contribution < 1.29 is 24.5 Å². The predicted octanol–water partition coefficient (Wildman–Crippen LogP) is 24.9. The molecule has 0 saturated heterocycles. The lowest BCUT2D eigenvalue weighted by Crippen LogP contribution is -2.45. The Balaban J connectivity index is 3.31. The fourth-order valence-electron chi connectivity index (χ4n) is 12.2. The lowest BCUT2D eigenvalue weighted by Gasteiger charge is -2.22. The molecule has 6 heteroatoms. The van der Waals surface area contributed by atoms with Crippen LogP contribution in [0.25, 0.3) is 0 Å². The average molecular weight is 1170 g/mol. The Morgan fingerprint density at radius 2 is 0.614 bits per heavy atom. The highest BCUT2D eigenvalue weighted by Gasteiger charge is 2.20. The summed E-state index contributed by atoms with van der Waals surface area (Å²) < 4.78 is 5.49. The largest absolute Gasteiger partial charge is 0.466 e. The molecule has 2 unspecified atom stereocenters. The lowest BCUT2D eigenvalue weighted by atomic mass is 10.0. The lowest BCUT2D eigenvalue weighted by molar-refractivity contribution is -0.143. The number of hydrogen-bond acceptors (Lipinski definition) is 5. The summed E-state index contributed by atoms with van der Waals surface area (Å²) in [7, 11) is 0. The van der Waals surface area contributed by atoms with Crippen molar-refractivity contribution in [2.45, 2.75) is 443 Å². The number of hydrogen-bond donors (Lipinski definition) is 3. The molecule has 0 spiro atoms. The number of amides is 1. The molecule has 83 heavy (non-hydrogen) atoms. The van der Waals surface area contributed by atoms with E-state index >= 15 is 0 Å². The molecule has 0 heterocycles. The number of aliphatic hydroxyl groups excluding tert-OH is 2. The number of carbonyl (C=O) groups is 2. The maximum absolute atomic E-state index is 12.5. The van der Waals surface area contributed by atoms with E-state index < -0.39 is 12.1 Å². The molecule has 0 saturated carbocycles. The van der Waals surface area contributed by atoms with E-state index in [0.29, 0.717) is 25.9 Å². The van der Waals surface area contributed by atoms with Gasteiger partial charge in [-0.05, 0) is 51.4 Å². The topological polar surface area (TPSA) is 95.9 Å². The molecule has 0 fully saturated rings. The van der Waals surface area contributed by atoms with Crippen LogP contribution < -0.4 is 5.32 Å². The van der Waals surface area contributed by atoms with Gasteiger partial charge in [0.2, 0.25) is 5.91 Å². The molecule has 0 rings (SSSR count). The fraction of sp³-hybridized carbons (Fsp3) is 0.922. The summed E-state index contributed by atoms with van der Waals surface area (Å²) in [5.41, 5.74) is 0. The molecule has 0 aliphatic carbocycles. The molecule has 0 aliphatic heterocycles. The van der Waals surface area contributed by atoms with Gasteiger partial charge in [-0.15, -0.1) is 0 Å². The number of ether oxygens (including phenoxy) is 1. The van der Waals surface area contributed by atoms with Crippen LogP contribution in [0.3, 0.4) is 0 Å². The van der Waals surface area contributed by atoms with Crippen molar-refractivity contribution in [2.75, 3.05) is 13.2 Å². The Labute approximate surface area is 520 Å². The van der Waals surface area contributed by atoms with Crippen LogP contribution in [0.15, 0.2) is 24.3 Å². The molecular formula is C77H149NO5. The molecule has 0 bridgehead atoms. The molecule has 6 nitrogen and oxygen atoms in total. The molecule has 0 radical (unpaired) electrons. The van der Waals surface area contributed by atoms with Crippen LogP contribution in [0.4, 0.5) is 0 Å². The van der Waals surface area contributed by atoms with Gasteiger partial charge in [0, 0.05) is 12.8 Å². The van der Waals surface area contributed by atoms with Gasteiger partial charge in [-0.1, -0.05) is 391 Å². The van der Waals surface area contributed by atoms with Crippen LogP contribution >= 0.6 is 0 Å². The third-order valence-corrected chi connectivity index (χ3v) is 18.0. The second-order valence-electron chi connectivity index (χ2n) is 26.3. The third kappa shape index (κ3) is 69.3. The van der Waals surface area contributed by atoms with E-state index in [2.05, 4.69) is 43.5 Å². The van der Waals surface area contributed by atoms with E-state index in [4.69, 9.17) is 4.74 Å². The highest BCUT2D eigenvalue weighted by Crippen LogP contribution is 2.20. The summed E-state index contributed by atoms with van der Waals surface area (Å²) in [6.45, 7) is 4.95. The van der Waals surface area contributed by atoms with Crippen molar-refractivity contribution >= 4 is 11.9 Å². The Morgan fingerprint density at radius 1 is 0.337 bits per heavy atom. The van der Waals surface area contributed by atoms with Crippen molar-refractivity contribution in [1.82, 2.24) is 5.32 Å². The molecule has 0 aromatic rings. The van der Waals surface area contributed by atoms with Gasteiger partial charge >= 0.3 is 5.97 Å². The summed E-state index contributed by atoms with van der Waals surface area (Å²) in [5, 5.41) is 23.4. The highest BCUT2D eigenvalue weighted by molar-refractivity contribution is 5.76. The van der Waals surface area contributed by atoms with Crippen LogP contribution in [-0.2, 0) is 14.3 Å². The summed E-state index contributed by atoms with van der Waals surface area (Å²) in [6.07, 6.45) is 92.6. The Hall–Kier alpha value is -1.66. The van der Waals surface area contributed by atoms with Gasteiger partial charge < -0.3 is 20.3 Å². The van der Waals surface area contributed by atoms with Gasteiger partial charge in [0.25, 0.3) is 0 Å². The molecule has 1 amide bonds. The summed E-state index contributed by atoms with van der Waals surface area (Å²) in [5.74, 6) is -0.0170. The van der Waals surface area contributed by atoms with E-state index in [1.54, 1.807) is 0 Å². The minimum Gasteiger partial charge on any atom is -0.466 e. The molecule has 0 aliphatic rings. The first-order chi connectivity index (χ1) is 41.0. The van der Waals surface area contributed by atoms with E-state index in [1.807, 2.05) is 0 Å². The van der Waals surface area contributed by atoms with Gasteiger partial charge in [-0.2, -0.15) is 0 Å². The Kier molecular flexibility index (Phi) is 71.4. The van der Waals surface area contributed by atoms with Crippen LogP contribution in [0, 0.1) is 0 Å². The first-order valence-corrected chi connectivity index (χ1v) is 38.1. The zero-order valence-corrected chi connectivity index (χ0v) is 56.5. The Morgan fingerprint density at radius 3 is 0.952 bits per heavy atom. The zero-order chi connectivity index (χ0) is 59.9. The minimum atomic E-state index is -0.660. The van der Waals surface area contributed by atoms with E-state index in [-0.39, 0.29) is 18.5 Å². The minimum absolute atomic E-state index is 0.00859. The van der Waals surface area contributed by atoms with Gasteiger partial charge in [0.05, 0.1) is 25.4 Å². The standard InChI is InChI=1S/C77H149NO5/c1-3-5-7-9-11-13-15-17-19-39-42-45-49-53-57-61-65-69-75(80)74(73-79)78-76(81)70-66-62-58-54-50-46-43-40-37-35-33-31-29-27-25-23-21-20-22-24-26-28-30-32-34-36-38-41-44-48-52-56-60-64-68-72-83-77(82)71-67-63-59-55-51-47-18-16-14-12-10-8-6-4-2/h10,12,16,18,74-75,79-80H,3-9,11,13-15,17,19-73H2,1-2H3,(H,78,81)/b12-10-,18-16-. The van der Waals surface area contributed by atoms with Crippen molar-refractivity contribution in [3.63, 3.8) is 0 Å². The smallest absolute Gasteiger partial charge is 0.305 e. The van der Waals surface area contributed by atoms with E-state index in [9.17, 15) is 19.8 Å². The SMILES string of the molecule is CCCC/C=C\C/C=C\CCCCCCCC(=O)OCCCCCCCCCCCCCCCCCCCCCCCCCCCCCCCCCCCCCC(=O)NC(CO)C(O)CCCCCCCCCCCCCCCCCCC. The van der Waals surface area contributed by atoms with Crippen molar-refractivity contribution in [1.29, 1.82) is 0 Å². The summed E-state index contributed by atoms with van der Waals surface area (Å²) >= 11 is 0. The third-order valence-electron chi connectivity index (χ3n) is 18.0. The average Bonchev–Trinajstić information content (AvgIpc) is 3.49. The Bertz CT molecular complexity index is 1300. The monoisotopic (exact) mass is 1170 g/mol. The number of carbonyl (C=O) groups excluding carboxylic acids is 2. The van der Waals surface area contributed by atoms with Crippen molar-refractivity contribution in [2.24, 2.45) is 0 Å². The van der Waals surface area contributed by atoms with Gasteiger partial charge in [0.15, 0.2) is 0 Å². The van der Waals surface area contributed by atoms with E-state index in [1.165, 1.54) is 347 Å². The second-order valence-corrected chi connectivity index (χ2v) is 26.3. The van der Waals surface area contributed by atoms with Gasteiger partial charge in [-0.3, -0.25) is 9.59 Å². The van der Waals surface area contributed by atoms with Gasteiger partial charge in [-0.25, -0.2) is 0 Å². The van der Waals surface area contributed by atoms with Crippen LogP contribution in [0.1, 0.15) is 431 Å². The molecular weight excluding hydrogens is 1020 g/mol. The maximum atomic E-state index is 12.5. The molecule has 0 aromatic carbocycles. The number of rotatable bonds is 72. The quantitative estimate of drug-likeness (QED) is 0.0320. The van der Waals surface area contributed by atoms with Crippen molar-refractivity contribution in [3.05, 3.63) is 24.3 Å². The number of allylic oxidation sites excluding steroid dienone is 4. The number of aliphatic hydroxyl groups is 2. The number of unbranched alkanes of at least 4 members (excludes halogenated alkanes) is 57. The highest BCUT2D eigenvalue weighted by atomic mass is 16.5. The van der Waals surface area contributed by atoms with Gasteiger partial charge in [0.1, 0.15) is 0 Å². The van der Waals surface area contributed by atoms with Crippen molar-refractivity contribution in [3.8, 4) is 0 Å². The van der Waals surface area contributed by atoms with Crippen LogP contribution in [0.2, 0.25) is 0 Å². The van der Waals surface area contributed by atoms with Crippen LogP contribution in [0.5, 0.6) is 0 Å². The molecule has 492 valence electrons. The maximum Gasteiger partial charge on any atom is 0.305 e. The zero-order valence-electron chi connectivity index (χ0n) is 56.5. The molecule has 2 atom stereocenters. The van der Waals surface area contributed by atoms with Crippen LogP contribution in [-0.4, -0.2) is 47.4 Å². The molecule has 3 N–H and O–H groups in total. The number of nitrogens with one attached hydrogen (secondary N) is 1. The van der Waals surface area contributed by atoms with E-state index in [0.717, 1.165) is 51.4 Å². The fourth-order valence-corrected chi connectivity index (χ4v) is 12.2. The normalized spacial score (nSPS) is 12.6. The predicted molar refractivity (Wildman–Crippen MR) is 366 cm³/mol. The molecule has 0 aromatic heterocycles. The summed E-state index contributed by atoms with van der Waals surface area (Å²) in [6, 6.07) is -0.537. The summed E-state index contributed by atoms with van der Waals surface area (Å²) in [4.78, 5) is 24.6. The second kappa shape index (κ2) is 72.8. The number of esters is 1. The first-order valence-electron chi connectivity index (χ1n) is 38.1. The first kappa shape index (κ1) is 81.3.